The van der Waals surface area contributed by atoms with Gasteiger partial charge in [0.15, 0.2) is 0 Å². The maximum absolute atomic E-state index is 4.13. The molecule has 1 aliphatic carbocycles. The van der Waals surface area contributed by atoms with Crippen LogP contribution in [0.4, 0.5) is 0 Å². The first kappa shape index (κ1) is 44.0. The zero-order chi connectivity index (χ0) is 33.8. The molecule has 7 rings (SSSR count). The van der Waals surface area contributed by atoms with Crippen LogP contribution in [0.25, 0.3) is 0 Å². The fourth-order valence-electron chi connectivity index (χ4n) is 8.07. The number of hydrogen-bond donors (Lipinski definition) is 0. The second kappa shape index (κ2) is 19.3. The first-order valence-corrected chi connectivity index (χ1v) is 19.6. The van der Waals surface area contributed by atoms with Crippen molar-refractivity contribution in [1.29, 1.82) is 0 Å². The van der Waals surface area contributed by atoms with Crippen LogP contribution in [0.5, 0.6) is 0 Å². The van der Waals surface area contributed by atoms with E-state index in [2.05, 4.69) is 198 Å². The minimum atomic E-state index is -2.80. The van der Waals surface area contributed by atoms with Gasteiger partial charge in [-0.05, 0) is 68.2 Å². The molecule has 0 amide bonds. The third kappa shape index (κ3) is 8.95. The fourth-order valence-corrected chi connectivity index (χ4v) is 13.9. The number of benzene rings is 6. The molecule has 0 aliphatic heterocycles. The van der Waals surface area contributed by atoms with Crippen molar-refractivity contribution in [3.63, 3.8) is 0 Å². The average Bonchev–Trinajstić information content (AvgIpc) is 3.34. The molecule has 0 saturated carbocycles. The Kier molecular flexibility index (Phi) is 16.0. The van der Waals surface area contributed by atoms with Gasteiger partial charge in [-0.15, -0.1) is 6.92 Å². The standard InChI is InChI=1S/C48H45Si.3ClH.Ti/c1-36-35-48(4,38(3)37(36)2)49(45-26-20-42(21-27-45)32-39-14-8-5-9-15-39,46-28-22-43(23-29-46)33-40-16-10-6-11-17-40)47-30-24-44(25-31-47)34-41-18-12-7-13-19-41;;;;/h5-31H,32-34H2,1-4H3;3*1H;/q-1;;;;+4/p-3. The molecule has 0 heterocycles. The van der Waals surface area contributed by atoms with Crippen molar-refractivity contribution in [3.05, 3.63) is 220 Å². The molecule has 266 valence electrons. The molecule has 0 aromatic heterocycles. The largest absolute Gasteiger partial charge is 4.00 e. The third-order valence-electron chi connectivity index (χ3n) is 11.0. The van der Waals surface area contributed by atoms with Crippen LogP contribution in [0.1, 0.15) is 61.1 Å². The summed E-state index contributed by atoms with van der Waals surface area (Å²) in [4.78, 5) is 0. The van der Waals surface area contributed by atoms with E-state index in [4.69, 9.17) is 0 Å². The molecule has 1 aliphatic rings. The van der Waals surface area contributed by atoms with Crippen LogP contribution in [0, 0.1) is 6.08 Å². The Hall–Kier alpha value is -3.40. The minimum Gasteiger partial charge on any atom is -1.00 e. The summed E-state index contributed by atoms with van der Waals surface area (Å²) in [5.74, 6) is 0. The third-order valence-corrected chi connectivity index (χ3v) is 16.6. The molecule has 0 nitrogen and oxygen atoms in total. The number of halogens is 3. The Bertz CT molecular complexity index is 1890. The van der Waals surface area contributed by atoms with E-state index in [0.29, 0.717) is 0 Å². The van der Waals surface area contributed by atoms with Gasteiger partial charge < -0.3 is 37.2 Å². The molecule has 0 radical (unpaired) electrons. The Labute approximate surface area is 352 Å². The average molecular weight is 804 g/mol. The van der Waals surface area contributed by atoms with Gasteiger partial charge in [0, 0.05) is 0 Å². The van der Waals surface area contributed by atoms with E-state index < -0.39 is 8.07 Å². The summed E-state index contributed by atoms with van der Waals surface area (Å²) in [6.45, 7) is 9.37. The molecule has 1 unspecified atom stereocenters. The molecule has 1 atom stereocenters. The summed E-state index contributed by atoms with van der Waals surface area (Å²) in [5, 5.41) is 4.00. The van der Waals surface area contributed by atoms with E-state index in [1.54, 1.807) is 0 Å². The van der Waals surface area contributed by atoms with Crippen LogP contribution in [0.15, 0.2) is 181 Å². The maximum Gasteiger partial charge on any atom is 4.00 e. The summed E-state index contributed by atoms with van der Waals surface area (Å²) >= 11 is 0. The van der Waals surface area contributed by atoms with E-state index in [0.717, 1.165) is 19.3 Å². The van der Waals surface area contributed by atoms with Gasteiger partial charge >= 0.3 is 21.7 Å². The van der Waals surface area contributed by atoms with E-state index in [-0.39, 0.29) is 64.0 Å². The van der Waals surface area contributed by atoms with Crippen LogP contribution >= 0.6 is 0 Å². The van der Waals surface area contributed by atoms with Crippen molar-refractivity contribution in [2.45, 2.75) is 52.0 Å². The molecule has 6 aromatic rings. The number of allylic oxidation sites excluding steroid dienone is 4. The van der Waals surface area contributed by atoms with Crippen LogP contribution in [-0.4, -0.2) is 8.07 Å². The van der Waals surface area contributed by atoms with Crippen LogP contribution in [-0.2, 0) is 41.0 Å². The van der Waals surface area contributed by atoms with E-state index in [9.17, 15) is 0 Å². The number of rotatable bonds is 10. The Morgan fingerprint density at radius 2 is 0.679 bits per heavy atom. The fraction of sp³-hybridized carbons (Fsp3) is 0.167. The molecular formula is C48H45Cl3SiTi. The first-order chi connectivity index (χ1) is 23.9. The van der Waals surface area contributed by atoms with E-state index in [1.807, 2.05) is 0 Å². The topological polar surface area (TPSA) is 0 Å². The SMILES string of the molecule is CC1=[C-]C(C)([Si](c2ccc(Cc3ccccc3)cc2)(c2ccc(Cc3ccccc3)cc2)c2ccc(Cc3ccccc3)cc2)C(C)=C1C.[Cl-].[Cl-].[Cl-].[Ti+4]. The molecule has 0 saturated heterocycles. The van der Waals surface area contributed by atoms with E-state index >= 15 is 0 Å². The van der Waals surface area contributed by atoms with Gasteiger partial charge in [0.05, 0.1) is 0 Å². The molecule has 53 heavy (non-hydrogen) atoms. The van der Waals surface area contributed by atoms with Crippen molar-refractivity contribution in [3.8, 4) is 0 Å². The summed E-state index contributed by atoms with van der Waals surface area (Å²) in [5.41, 5.74) is 12.1. The summed E-state index contributed by atoms with van der Waals surface area (Å²) in [6, 6.07) is 61.3. The predicted octanol–water partition coefficient (Wildman–Crippen LogP) is 0.798. The zero-order valence-corrected chi connectivity index (χ0v) is 35.7. The molecule has 0 N–H and O–H groups in total. The smallest absolute Gasteiger partial charge is 1.00 e. The quantitative estimate of drug-likeness (QED) is 0.109. The molecular weight excluding hydrogens is 759 g/mol. The molecule has 6 aromatic carbocycles. The second-order valence-electron chi connectivity index (χ2n) is 14.0. The second-order valence-corrected chi connectivity index (χ2v) is 18.2. The Balaban J connectivity index is 0.00000189. The van der Waals surface area contributed by atoms with Gasteiger partial charge in [0.25, 0.3) is 0 Å². The van der Waals surface area contributed by atoms with Gasteiger partial charge in [-0.2, -0.15) is 11.1 Å². The summed E-state index contributed by atoms with van der Waals surface area (Å²) in [6.07, 6.45) is 6.92. The molecule has 0 fully saturated rings. The molecule has 5 heteroatoms. The van der Waals surface area contributed by atoms with Crippen LogP contribution in [0.3, 0.4) is 0 Å². The Morgan fingerprint density at radius 3 is 0.925 bits per heavy atom. The normalized spacial score (nSPS) is 14.9. The van der Waals surface area contributed by atoms with Crippen LogP contribution < -0.4 is 52.8 Å². The van der Waals surface area contributed by atoms with Crippen molar-refractivity contribution in [2.75, 3.05) is 0 Å². The minimum absolute atomic E-state index is 0. The van der Waals surface area contributed by atoms with E-state index in [1.165, 1.54) is 65.7 Å². The van der Waals surface area contributed by atoms with Gasteiger partial charge in [-0.1, -0.05) is 190 Å². The Morgan fingerprint density at radius 1 is 0.415 bits per heavy atom. The first-order valence-electron chi connectivity index (χ1n) is 17.6. The van der Waals surface area contributed by atoms with Gasteiger partial charge in [-0.25, -0.2) is 5.57 Å². The van der Waals surface area contributed by atoms with Crippen LogP contribution in [0.2, 0.25) is 5.04 Å². The van der Waals surface area contributed by atoms with Gasteiger partial charge in [-0.3, -0.25) is 6.08 Å². The number of hydrogen-bond acceptors (Lipinski definition) is 0. The van der Waals surface area contributed by atoms with Crippen molar-refractivity contribution >= 4 is 23.6 Å². The summed E-state index contributed by atoms with van der Waals surface area (Å²) in [7, 11) is -2.80. The zero-order valence-electron chi connectivity index (χ0n) is 30.8. The van der Waals surface area contributed by atoms with Crippen molar-refractivity contribution in [1.82, 2.24) is 0 Å². The van der Waals surface area contributed by atoms with Gasteiger partial charge in [0.2, 0.25) is 0 Å². The van der Waals surface area contributed by atoms with Crippen molar-refractivity contribution < 1.29 is 58.9 Å². The predicted molar refractivity (Wildman–Crippen MR) is 211 cm³/mol. The monoisotopic (exact) mass is 802 g/mol. The molecule has 0 bridgehead atoms. The summed E-state index contributed by atoms with van der Waals surface area (Å²) < 4.78 is 0. The van der Waals surface area contributed by atoms with Gasteiger partial charge in [0.1, 0.15) is 8.07 Å². The van der Waals surface area contributed by atoms with Crippen molar-refractivity contribution in [2.24, 2.45) is 0 Å². The maximum atomic E-state index is 4.13. The molecule has 0 spiro atoms.